The SMILES string of the molecule is C1=CC2Oc3ccccc3N(c3ccccc3)C2C=C1. The fourth-order valence-electron chi connectivity index (χ4n) is 2.88. The van der Waals surface area contributed by atoms with Gasteiger partial charge in [0.2, 0.25) is 0 Å². The van der Waals surface area contributed by atoms with Gasteiger partial charge in [0, 0.05) is 5.69 Å². The van der Waals surface area contributed by atoms with Crippen LogP contribution >= 0.6 is 0 Å². The zero-order valence-electron chi connectivity index (χ0n) is 11.0. The van der Waals surface area contributed by atoms with Crippen molar-refractivity contribution in [3.05, 3.63) is 78.9 Å². The first-order valence-electron chi connectivity index (χ1n) is 6.88. The van der Waals surface area contributed by atoms with E-state index in [2.05, 4.69) is 65.6 Å². The van der Waals surface area contributed by atoms with Crippen LogP contribution in [-0.2, 0) is 0 Å². The van der Waals surface area contributed by atoms with Crippen molar-refractivity contribution in [2.45, 2.75) is 12.1 Å². The molecule has 0 spiro atoms. The van der Waals surface area contributed by atoms with Gasteiger partial charge in [-0.25, -0.2) is 0 Å². The predicted octanol–water partition coefficient (Wildman–Crippen LogP) is 4.08. The molecule has 0 aromatic heterocycles. The fourth-order valence-corrected chi connectivity index (χ4v) is 2.88. The number of benzene rings is 2. The summed E-state index contributed by atoms with van der Waals surface area (Å²) in [4.78, 5) is 2.35. The zero-order valence-corrected chi connectivity index (χ0v) is 11.0. The van der Waals surface area contributed by atoms with Gasteiger partial charge in [-0.1, -0.05) is 48.6 Å². The minimum atomic E-state index is 0.0649. The first-order valence-corrected chi connectivity index (χ1v) is 6.88. The largest absolute Gasteiger partial charge is 0.482 e. The monoisotopic (exact) mass is 261 g/mol. The van der Waals surface area contributed by atoms with E-state index >= 15 is 0 Å². The lowest BCUT2D eigenvalue weighted by atomic mass is 9.99. The van der Waals surface area contributed by atoms with Crippen LogP contribution in [0.5, 0.6) is 5.75 Å². The molecule has 2 aromatic carbocycles. The topological polar surface area (TPSA) is 12.5 Å². The van der Waals surface area contributed by atoms with Gasteiger partial charge in [0.25, 0.3) is 0 Å². The first-order chi connectivity index (χ1) is 9.93. The van der Waals surface area contributed by atoms with Gasteiger partial charge >= 0.3 is 0 Å². The lowest BCUT2D eigenvalue weighted by Crippen LogP contribution is -2.46. The first kappa shape index (κ1) is 11.4. The second kappa shape index (κ2) is 4.57. The lowest BCUT2D eigenvalue weighted by molar-refractivity contribution is 0.218. The third kappa shape index (κ3) is 1.73. The van der Waals surface area contributed by atoms with Crippen LogP contribution in [0.2, 0.25) is 0 Å². The number of nitrogens with zero attached hydrogens (tertiary/aromatic N) is 1. The quantitative estimate of drug-likeness (QED) is 0.767. The molecule has 2 unspecified atom stereocenters. The summed E-state index contributed by atoms with van der Waals surface area (Å²) in [5, 5.41) is 0. The second-order valence-corrected chi connectivity index (χ2v) is 5.02. The van der Waals surface area contributed by atoms with E-state index in [4.69, 9.17) is 4.74 Å². The summed E-state index contributed by atoms with van der Waals surface area (Å²) >= 11 is 0. The molecule has 1 aliphatic heterocycles. The molecule has 0 saturated carbocycles. The Kier molecular flexibility index (Phi) is 2.59. The molecule has 2 nitrogen and oxygen atoms in total. The van der Waals surface area contributed by atoms with Gasteiger partial charge in [-0.2, -0.15) is 0 Å². The van der Waals surface area contributed by atoms with Gasteiger partial charge in [0.05, 0.1) is 11.7 Å². The number of rotatable bonds is 1. The van der Waals surface area contributed by atoms with Gasteiger partial charge in [-0.15, -0.1) is 0 Å². The molecular formula is C18H15NO. The van der Waals surface area contributed by atoms with Crippen molar-refractivity contribution in [1.82, 2.24) is 0 Å². The molecule has 98 valence electrons. The van der Waals surface area contributed by atoms with Crippen LogP contribution in [0, 0.1) is 0 Å². The number of para-hydroxylation sites is 3. The number of hydrogen-bond donors (Lipinski definition) is 0. The molecule has 2 heteroatoms. The van der Waals surface area contributed by atoms with Crippen LogP contribution in [0.15, 0.2) is 78.9 Å². The van der Waals surface area contributed by atoms with E-state index in [-0.39, 0.29) is 12.1 Å². The van der Waals surface area contributed by atoms with Gasteiger partial charge in [-0.3, -0.25) is 0 Å². The minimum absolute atomic E-state index is 0.0649. The van der Waals surface area contributed by atoms with E-state index < -0.39 is 0 Å². The molecule has 1 heterocycles. The van der Waals surface area contributed by atoms with Gasteiger partial charge in [0.1, 0.15) is 11.9 Å². The Labute approximate surface area is 118 Å². The Bertz CT molecular complexity index is 675. The molecule has 2 aromatic rings. The third-order valence-corrected chi connectivity index (χ3v) is 3.78. The molecular weight excluding hydrogens is 246 g/mol. The van der Waals surface area contributed by atoms with Crippen LogP contribution in [0.4, 0.5) is 11.4 Å². The van der Waals surface area contributed by atoms with Crippen molar-refractivity contribution in [2.75, 3.05) is 4.90 Å². The Morgan fingerprint density at radius 1 is 0.800 bits per heavy atom. The van der Waals surface area contributed by atoms with Crippen molar-refractivity contribution in [3.8, 4) is 5.75 Å². The summed E-state index contributed by atoms with van der Waals surface area (Å²) in [6, 6.07) is 18.9. The number of hydrogen-bond acceptors (Lipinski definition) is 2. The fraction of sp³-hybridized carbons (Fsp3) is 0.111. The molecule has 0 saturated heterocycles. The highest BCUT2D eigenvalue weighted by Crippen LogP contribution is 2.42. The van der Waals surface area contributed by atoms with Gasteiger partial charge < -0.3 is 9.64 Å². The van der Waals surface area contributed by atoms with Crippen molar-refractivity contribution < 1.29 is 4.74 Å². The van der Waals surface area contributed by atoms with Crippen LogP contribution in [0.1, 0.15) is 0 Å². The van der Waals surface area contributed by atoms with Crippen molar-refractivity contribution in [2.24, 2.45) is 0 Å². The highest BCUT2D eigenvalue weighted by Gasteiger charge is 2.34. The van der Waals surface area contributed by atoms with E-state index in [0.717, 1.165) is 11.4 Å². The predicted molar refractivity (Wildman–Crippen MR) is 81.5 cm³/mol. The summed E-state index contributed by atoms with van der Waals surface area (Å²) in [6.07, 6.45) is 8.53. The molecule has 20 heavy (non-hydrogen) atoms. The van der Waals surface area contributed by atoms with Crippen LogP contribution < -0.4 is 9.64 Å². The van der Waals surface area contributed by atoms with Crippen molar-refractivity contribution in [1.29, 1.82) is 0 Å². The maximum atomic E-state index is 6.11. The van der Waals surface area contributed by atoms with E-state index in [0.29, 0.717) is 0 Å². The number of allylic oxidation sites excluding steroid dienone is 2. The molecule has 0 N–H and O–H groups in total. The molecule has 0 radical (unpaired) electrons. The standard InChI is InChI=1S/C18H15NO/c1-2-8-14(9-3-1)19-15-10-4-6-12-17(15)20-18-13-7-5-11-16(18)19/h1-13,15,17H. The molecule has 2 atom stereocenters. The van der Waals surface area contributed by atoms with Crippen molar-refractivity contribution >= 4 is 11.4 Å². The summed E-state index contributed by atoms with van der Waals surface area (Å²) < 4.78 is 6.11. The number of anilines is 2. The molecule has 0 bridgehead atoms. The van der Waals surface area contributed by atoms with E-state index in [1.165, 1.54) is 5.69 Å². The summed E-state index contributed by atoms with van der Waals surface area (Å²) in [6.45, 7) is 0. The van der Waals surface area contributed by atoms with E-state index in [1.54, 1.807) is 0 Å². The maximum Gasteiger partial charge on any atom is 0.144 e. The zero-order chi connectivity index (χ0) is 13.4. The Morgan fingerprint density at radius 3 is 2.45 bits per heavy atom. The highest BCUT2D eigenvalue weighted by atomic mass is 16.5. The van der Waals surface area contributed by atoms with Crippen LogP contribution in [0.25, 0.3) is 0 Å². The molecule has 4 rings (SSSR count). The van der Waals surface area contributed by atoms with Crippen LogP contribution in [-0.4, -0.2) is 12.1 Å². The molecule has 2 aliphatic rings. The lowest BCUT2D eigenvalue weighted by Gasteiger charge is -2.42. The summed E-state index contributed by atoms with van der Waals surface area (Å²) in [5.41, 5.74) is 2.32. The van der Waals surface area contributed by atoms with Gasteiger partial charge in [-0.05, 0) is 30.3 Å². The third-order valence-electron chi connectivity index (χ3n) is 3.78. The number of fused-ring (bicyclic) bond motifs is 2. The smallest absolute Gasteiger partial charge is 0.144 e. The molecule has 0 fully saturated rings. The highest BCUT2D eigenvalue weighted by molar-refractivity contribution is 5.72. The Balaban J connectivity index is 1.89. The Morgan fingerprint density at radius 2 is 1.55 bits per heavy atom. The van der Waals surface area contributed by atoms with Gasteiger partial charge in [0.15, 0.2) is 0 Å². The maximum absolute atomic E-state index is 6.11. The summed E-state index contributed by atoms with van der Waals surface area (Å²) in [5.74, 6) is 0.942. The average Bonchev–Trinajstić information content (AvgIpc) is 2.53. The van der Waals surface area contributed by atoms with Crippen LogP contribution in [0.3, 0.4) is 0 Å². The number of ether oxygens (including phenoxy) is 1. The molecule has 1 aliphatic carbocycles. The molecule has 0 amide bonds. The minimum Gasteiger partial charge on any atom is -0.482 e. The summed E-state index contributed by atoms with van der Waals surface area (Å²) in [7, 11) is 0. The van der Waals surface area contributed by atoms with Crippen molar-refractivity contribution in [3.63, 3.8) is 0 Å². The second-order valence-electron chi connectivity index (χ2n) is 5.02. The van der Waals surface area contributed by atoms with E-state index in [1.807, 2.05) is 18.2 Å². The van der Waals surface area contributed by atoms with E-state index in [9.17, 15) is 0 Å². The average molecular weight is 261 g/mol. The normalized spacial score (nSPS) is 22.9. The Hall–Kier alpha value is -2.48.